The summed E-state index contributed by atoms with van der Waals surface area (Å²) >= 11 is 0. The van der Waals surface area contributed by atoms with Crippen LogP contribution in [0.3, 0.4) is 0 Å². The van der Waals surface area contributed by atoms with E-state index in [9.17, 15) is 13.2 Å². The first kappa shape index (κ1) is 19.1. The molecule has 1 atom stereocenters. The van der Waals surface area contributed by atoms with Crippen molar-refractivity contribution in [2.75, 3.05) is 23.0 Å². The second-order valence-electron chi connectivity index (χ2n) is 6.71. The first-order valence-corrected chi connectivity index (χ1v) is 10.9. The highest BCUT2D eigenvalue weighted by atomic mass is 32.2. The third-order valence-electron chi connectivity index (χ3n) is 4.70. The maximum atomic E-state index is 12.9. The Hall–Kier alpha value is -3.20. The number of amides is 1. The molecule has 0 bridgehead atoms. The molecule has 1 aliphatic rings. The van der Waals surface area contributed by atoms with Crippen molar-refractivity contribution >= 4 is 21.4 Å². The molecule has 0 spiro atoms. The molecule has 8 nitrogen and oxygen atoms in total. The highest BCUT2D eigenvalue weighted by Crippen LogP contribution is 2.25. The van der Waals surface area contributed by atoms with Gasteiger partial charge in [0.05, 0.1) is 17.5 Å². The maximum absolute atomic E-state index is 12.9. The molecule has 4 rings (SSSR count). The number of benzene rings is 2. The van der Waals surface area contributed by atoms with Crippen LogP contribution in [0.4, 0.5) is 5.69 Å². The van der Waals surface area contributed by atoms with Crippen molar-refractivity contribution in [2.24, 2.45) is 0 Å². The summed E-state index contributed by atoms with van der Waals surface area (Å²) in [5, 5.41) is 7.47. The van der Waals surface area contributed by atoms with Gasteiger partial charge in [-0.1, -0.05) is 18.2 Å². The van der Waals surface area contributed by atoms with Crippen LogP contribution in [0.15, 0.2) is 65.4 Å². The number of ether oxygens (including phenoxy) is 1. The number of nitrogens with zero attached hydrogens (tertiary/aromatic N) is 3. The van der Waals surface area contributed by atoms with Crippen molar-refractivity contribution in [1.82, 2.24) is 10.2 Å². The first-order chi connectivity index (χ1) is 14.0. The lowest BCUT2D eigenvalue weighted by Crippen LogP contribution is -2.43. The molecule has 150 valence electrons. The van der Waals surface area contributed by atoms with Gasteiger partial charge in [-0.15, -0.1) is 10.2 Å². The van der Waals surface area contributed by atoms with Crippen molar-refractivity contribution in [2.45, 2.75) is 12.5 Å². The number of rotatable bonds is 6. The van der Waals surface area contributed by atoms with Crippen LogP contribution in [-0.2, 0) is 14.6 Å². The van der Waals surface area contributed by atoms with Crippen LogP contribution in [-0.4, -0.2) is 48.7 Å². The van der Waals surface area contributed by atoms with Gasteiger partial charge in [0.25, 0.3) is 5.91 Å². The van der Waals surface area contributed by atoms with Crippen molar-refractivity contribution in [3.05, 3.63) is 61.0 Å². The topological polar surface area (TPSA) is 103 Å². The zero-order valence-corrected chi connectivity index (χ0v) is 16.3. The molecule has 1 aliphatic heterocycles. The Morgan fingerprint density at radius 3 is 2.52 bits per heavy atom. The highest BCUT2D eigenvalue weighted by molar-refractivity contribution is 7.91. The molecule has 3 aromatic rings. The van der Waals surface area contributed by atoms with Gasteiger partial charge >= 0.3 is 0 Å². The van der Waals surface area contributed by atoms with E-state index in [0.717, 1.165) is 5.56 Å². The Bertz CT molecular complexity index is 1070. The fourth-order valence-corrected chi connectivity index (χ4v) is 5.03. The molecular formula is C20H19N3O5S. The Labute approximate surface area is 168 Å². The lowest BCUT2D eigenvalue weighted by molar-refractivity contribution is -0.121. The largest absolute Gasteiger partial charge is 0.484 e. The van der Waals surface area contributed by atoms with Crippen LogP contribution >= 0.6 is 0 Å². The monoisotopic (exact) mass is 413 g/mol. The number of carbonyl (C=O) groups excluding carboxylic acids is 1. The van der Waals surface area contributed by atoms with E-state index in [4.69, 9.17) is 9.15 Å². The van der Waals surface area contributed by atoms with Crippen molar-refractivity contribution in [3.8, 4) is 17.2 Å². The van der Waals surface area contributed by atoms with E-state index in [0.29, 0.717) is 23.7 Å². The van der Waals surface area contributed by atoms with E-state index in [-0.39, 0.29) is 24.0 Å². The molecule has 9 heteroatoms. The first-order valence-electron chi connectivity index (χ1n) is 9.09. The van der Waals surface area contributed by atoms with Crippen LogP contribution in [0.1, 0.15) is 6.42 Å². The van der Waals surface area contributed by atoms with Crippen LogP contribution in [0.2, 0.25) is 0 Å². The van der Waals surface area contributed by atoms with Gasteiger partial charge in [0.15, 0.2) is 16.4 Å². The van der Waals surface area contributed by atoms with Crippen LogP contribution in [0.25, 0.3) is 11.5 Å². The van der Waals surface area contributed by atoms with Gasteiger partial charge in [0, 0.05) is 11.3 Å². The minimum Gasteiger partial charge on any atom is -0.484 e. The summed E-state index contributed by atoms with van der Waals surface area (Å²) in [6.07, 6.45) is 1.67. The zero-order chi connectivity index (χ0) is 20.3. The van der Waals surface area contributed by atoms with E-state index < -0.39 is 15.9 Å². The average Bonchev–Trinajstić information content (AvgIpc) is 3.38. The molecule has 1 aromatic heterocycles. The predicted octanol–water partition coefficient (Wildman–Crippen LogP) is 2.34. The maximum Gasteiger partial charge on any atom is 0.265 e. The summed E-state index contributed by atoms with van der Waals surface area (Å²) < 4.78 is 34.6. The Balaban J connectivity index is 1.47. The van der Waals surface area contributed by atoms with E-state index in [2.05, 4.69) is 10.2 Å². The van der Waals surface area contributed by atoms with Crippen molar-refractivity contribution in [1.29, 1.82) is 0 Å². The standard InChI is InChI=1S/C20H19N3O5S/c24-19(12-27-18-8-6-15(7-9-18)20-22-21-14-28-20)23(16-4-2-1-3-5-16)17-10-11-29(25,26)13-17/h1-9,14,17H,10-13H2/t17-/m0/s1. The summed E-state index contributed by atoms with van der Waals surface area (Å²) in [4.78, 5) is 14.5. The third kappa shape index (κ3) is 4.45. The number of para-hydroxylation sites is 1. The van der Waals surface area contributed by atoms with Gasteiger partial charge in [-0.05, 0) is 42.8 Å². The minimum absolute atomic E-state index is 0.0352. The molecule has 1 amide bonds. The van der Waals surface area contributed by atoms with Gasteiger partial charge in [0.2, 0.25) is 12.3 Å². The van der Waals surface area contributed by atoms with E-state index in [1.807, 2.05) is 18.2 Å². The van der Waals surface area contributed by atoms with Crippen LogP contribution in [0, 0.1) is 0 Å². The molecule has 29 heavy (non-hydrogen) atoms. The number of hydrogen-bond acceptors (Lipinski definition) is 7. The number of sulfone groups is 1. The van der Waals surface area contributed by atoms with Gasteiger partial charge in [-0.2, -0.15) is 0 Å². The summed E-state index contributed by atoms with van der Waals surface area (Å²) in [6.45, 7) is -0.203. The minimum atomic E-state index is -3.13. The number of carbonyl (C=O) groups is 1. The lowest BCUT2D eigenvalue weighted by atomic mass is 10.2. The third-order valence-corrected chi connectivity index (χ3v) is 6.45. The number of aromatic nitrogens is 2. The van der Waals surface area contributed by atoms with Crippen molar-refractivity contribution in [3.63, 3.8) is 0 Å². The SMILES string of the molecule is O=C(COc1ccc(-c2nnco2)cc1)N(c1ccccc1)[C@H]1CCS(=O)(=O)C1. The second-order valence-corrected chi connectivity index (χ2v) is 8.94. The molecule has 0 aliphatic carbocycles. The second kappa shape index (κ2) is 8.04. The van der Waals surface area contributed by atoms with Gasteiger partial charge in [-0.25, -0.2) is 8.42 Å². The summed E-state index contributed by atoms with van der Waals surface area (Å²) in [6, 6.07) is 15.6. The summed E-state index contributed by atoms with van der Waals surface area (Å²) in [5.74, 6) is 0.664. The zero-order valence-electron chi connectivity index (χ0n) is 15.5. The highest BCUT2D eigenvalue weighted by Gasteiger charge is 2.35. The lowest BCUT2D eigenvalue weighted by Gasteiger charge is -2.28. The molecule has 0 unspecified atom stereocenters. The Morgan fingerprint density at radius 2 is 1.90 bits per heavy atom. The molecule has 2 aromatic carbocycles. The Kier molecular flexibility index (Phi) is 5.30. The number of anilines is 1. The molecule has 2 heterocycles. The molecular weight excluding hydrogens is 394 g/mol. The predicted molar refractivity (Wildman–Crippen MR) is 106 cm³/mol. The molecule has 0 radical (unpaired) electrons. The van der Waals surface area contributed by atoms with E-state index >= 15 is 0 Å². The fraction of sp³-hybridized carbons (Fsp3) is 0.250. The van der Waals surface area contributed by atoms with Gasteiger partial charge in [0.1, 0.15) is 5.75 Å². The van der Waals surface area contributed by atoms with Crippen LogP contribution in [0.5, 0.6) is 5.75 Å². The summed E-state index contributed by atoms with van der Waals surface area (Å²) in [5.41, 5.74) is 1.40. The van der Waals surface area contributed by atoms with Gasteiger partial charge in [-0.3, -0.25) is 4.79 Å². The Morgan fingerprint density at radius 1 is 1.14 bits per heavy atom. The van der Waals surface area contributed by atoms with E-state index in [1.54, 1.807) is 36.4 Å². The number of hydrogen-bond donors (Lipinski definition) is 0. The van der Waals surface area contributed by atoms with Gasteiger partial charge < -0.3 is 14.1 Å². The summed E-state index contributed by atoms with van der Waals surface area (Å²) in [7, 11) is -3.13. The molecule has 0 saturated carbocycles. The average molecular weight is 413 g/mol. The normalized spacial score (nSPS) is 17.7. The fourth-order valence-electron chi connectivity index (χ4n) is 3.33. The molecule has 1 saturated heterocycles. The van der Waals surface area contributed by atoms with Crippen LogP contribution < -0.4 is 9.64 Å². The smallest absolute Gasteiger partial charge is 0.265 e. The molecule has 0 N–H and O–H groups in total. The van der Waals surface area contributed by atoms with E-state index in [1.165, 1.54) is 11.3 Å². The van der Waals surface area contributed by atoms with Crippen molar-refractivity contribution < 1.29 is 22.4 Å². The quantitative estimate of drug-likeness (QED) is 0.611. The molecule has 1 fully saturated rings.